The summed E-state index contributed by atoms with van der Waals surface area (Å²) in [5.41, 5.74) is 3.53. The van der Waals surface area contributed by atoms with Crippen molar-refractivity contribution in [3.8, 4) is 11.3 Å². The molecule has 0 amide bonds. The van der Waals surface area contributed by atoms with E-state index in [4.69, 9.17) is 4.52 Å². The number of rotatable bonds is 2. The maximum absolute atomic E-state index is 5.29. The molecule has 2 aromatic rings. The van der Waals surface area contributed by atoms with Gasteiger partial charge in [0.05, 0.1) is 5.69 Å². The molecule has 1 aliphatic carbocycles. The van der Waals surface area contributed by atoms with Gasteiger partial charge in [-0.05, 0) is 31.2 Å². The largest absolute Gasteiger partial charge is 0.356 e. The summed E-state index contributed by atoms with van der Waals surface area (Å²) in [5, 5.41) is 3.93. The van der Waals surface area contributed by atoms with Crippen LogP contribution in [0, 0.1) is 6.92 Å². The third kappa shape index (κ3) is 2.33. The van der Waals surface area contributed by atoms with E-state index in [9.17, 15) is 0 Å². The molecule has 18 heavy (non-hydrogen) atoms. The summed E-state index contributed by atoms with van der Waals surface area (Å²) in [4.78, 5) is 0. The lowest BCUT2D eigenvalue weighted by Crippen LogP contribution is -2.04. The second kappa shape index (κ2) is 4.97. The zero-order valence-corrected chi connectivity index (χ0v) is 10.9. The molecule has 1 aromatic heterocycles. The summed E-state index contributed by atoms with van der Waals surface area (Å²) in [6.45, 7) is 1.95. The molecule has 1 heterocycles. The van der Waals surface area contributed by atoms with Crippen LogP contribution in [0.4, 0.5) is 0 Å². The van der Waals surface area contributed by atoms with E-state index in [0.29, 0.717) is 0 Å². The van der Waals surface area contributed by atoms with Gasteiger partial charge in [0.25, 0.3) is 0 Å². The Balaban J connectivity index is 1.80. The molecule has 94 valence electrons. The smallest absolute Gasteiger partial charge is 0.167 e. The van der Waals surface area contributed by atoms with Gasteiger partial charge in [-0.15, -0.1) is 0 Å². The first-order chi connectivity index (χ1) is 8.83. The molecule has 1 aromatic carbocycles. The SMILES string of the molecule is Cc1cc(-c2ccc(C3CCCCC3)cc2)on1. The van der Waals surface area contributed by atoms with Gasteiger partial charge in [0.2, 0.25) is 0 Å². The maximum atomic E-state index is 5.29. The molecule has 0 atom stereocenters. The standard InChI is InChI=1S/C16H19NO/c1-12-11-16(18-17-12)15-9-7-14(8-10-15)13-5-3-2-4-6-13/h7-11,13H,2-6H2,1H3. The van der Waals surface area contributed by atoms with Gasteiger partial charge in [0.15, 0.2) is 5.76 Å². The Morgan fingerprint density at radius 3 is 2.39 bits per heavy atom. The zero-order chi connectivity index (χ0) is 12.4. The second-order valence-corrected chi connectivity index (χ2v) is 5.29. The van der Waals surface area contributed by atoms with Crippen molar-refractivity contribution >= 4 is 0 Å². The van der Waals surface area contributed by atoms with Crippen LogP contribution >= 0.6 is 0 Å². The minimum absolute atomic E-state index is 0.768. The van der Waals surface area contributed by atoms with Crippen molar-refractivity contribution in [3.05, 3.63) is 41.6 Å². The molecule has 0 unspecified atom stereocenters. The second-order valence-electron chi connectivity index (χ2n) is 5.29. The first-order valence-corrected chi connectivity index (χ1v) is 6.86. The normalized spacial score (nSPS) is 16.9. The quantitative estimate of drug-likeness (QED) is 0.761. The highest BCUT2D eigenvalue weighted by molar-refractivity contribution is 5.57. The van der Waals surface area contributed by atoms with E-state index in [1.54, 1.807) is 0 Å². The molecule has 0 saturated heterocycles. The molecule has 1 fully saturated rings. The molecule has 0 spiro atoms. The first-order valence-electron chi connectivity index (χ1n) is 6.86. The lowest BCUT2D eigenvalue weighted by molar-refractivity contribution is 0.427. The summed E-state index contributed by atoms with van der Waals surface area (Å²) in [5.74, 6) is 1.63. The van der Waals surface area contributed by atoms with Crippen LogP contribution in [0.1, 0.15) is 49.3 Å². The third-order valence-electron chi connectivity index (χ3n) is 3.90. The predicted molar refractivity (Wildman–Crippen MR) is 72.5 cm³/mol. The van der Waals surface area contributed by atoms with E-state index in [1.807, 2.05) is 13.0 Å². The minimum atomic E-state index is 0.768. The van der Waals surface area contributed by atoms with Gasteiger partial charge in [0.1, 0.15) is 0 Å². The van der Waals surface area contributed by atoms with E-state index >= 15 is 0 Å². The number of benzene rings is 1. The maximum Gasteiger partial charge on any atom is 0.167 e. The van der Waals surface area contributed by atoms with Crippen molar-refractivity contribution in [2.75, 3.05) is 0 Å². The summed E-state index contributed by atoms with van der Waals surface area (Å²) in [7, 11) is 0. The number of aromatic nitrogens is 1. The predicted octanol–water partition coefficient (Wildman–Crippen LogP) is 4.70. The van der Waals surface area contributed by atoms with Crippen molar-refractivity contribution < 1.29 is 4.52 Å². The molecular formula is C16H19NO. The Morgan fingerprint density at radius 2 is 1.78 bits per heavy atom. The molecule has 2 nitrogen and oxygen atoms in total. The van der Waals surface area contributed by atoms with Gasteiger partial charge in [-0.1, -0.05) is 48.7 Å². The van der Waals surface area contributed by atoms with Crippen molar-refractivity contribution in [2.24, 2.45) is 0 Å². The van der Waals surface area contributed by atoms with E-state index in [-0.39, 0.29) is 0 Å². The van der Waals surface area contributed by atoms with Gasteiger partial charge in [-0.25, -0.2) is 0 Å². The Morgan fingerprint density at radius 1 is 1.06 bits per heavy atom. The highest BCUT2D eigenvalue weighted by Crippen LogP contribution is 2.33. The Kier molecular flexibility index (Phi) is 3.18. The number of hydrogen-bond acceptors (Lipinski definition) is 2. The topological polar surface area (TPSA) is 26.0 Å². The minimum Gasteiger partial charge on any atom is -0.356 e. The van der Waals surface area contributed by atoms with Crippen LogP contribution in [-0.4, -0.2) is 5.16 Å². The van der Waals surface area contributed by atoms with Crippen LogP contribution in [0.25, 0.3) is 11.3 Å². The monoisotopic (exact) mass is 241 g/mol. The molecule has 2 heteroatoms. The fourth-order valence-electron chi connectivity index (χ4n) is 2.86. The Hall–Kier alpha value is -1.57. The van der Waals surface area contributed by atoms with Crippen LogP contribution in [0.15, 0.2) is 34.9 Å². The fourth-order valence-corrected chi connectivity index (χ4v) is 2.86. The molecule has 0 N–H and O–H groups in total. The summed E-state index contributed by atoms with van der Waals surface area (Å²) in [6.07, 6.45) is 6.87. The van der Waals surface area contributed by atoms with Crippen LogP contribution in [0.3, 0.4) is 0 Å². The molecular weight excluding hydrogens is 222 g/mol. The average Bonchev–Trinajstić information content (AvgIpc) is 2.87. The van der Waals surface area contributed by atoms with Gasteiger partial charge in [0, 0.05) is 11.6 Å². The molecule has 0 radical (unpaired) electrons. The summed E-state index contributed by atoms with van der Waals surface area (Å²) < 4.78 is 5.29. The Labute approximate surface area is 108 Å². The van der Waals surface area contributed by atoms with Crippen molar-refractivity contribution in [3.63, 3.8) is 0 Å². The third-order valence-corrected chi connectivity index (χ3v) is 3.90. The molecule has 1 aliphatic rings. The highest BCUT2D eigenvalue weighted by atomic mass is 16.5. The van der Waals surface area contributed by atoms with Crippen LogP contribution < -0.4 is 0 Å². The van der Waals surface area contributed by atoms with Gasteiger partial charge >= 0.3 is 0 Å². The lowest BCUT2D eigenvalue weighted by atomic mass is 9.84. The lowest BCUT2D eigenvalue weighted by Gasteiger charge is -2.21. The highest BCUT2D eigenvalue weighted by Gasteiger charge is 2.15. The van der Waals surface area contributed by atoms with E-state index in [2.05, 4.69) is 29.4 Å². The molecule has 0 aliphatic heterocycles. The van der Waals surface area contributed by atoms with Gasteiger partial charge in [-0.3, -0.25) is 0 Å². The zero-order valence-electron chi connectivity index (χ0n) is 10.9. The van der Waals surface area contributed by atoms with Crippen LogP contribution in [0.5, 0.6) is 0 Å². The van der Waals surface area contributed by atoms with Crippen LogP contribution in [-0.2, 0) is 0 Å². The molecule has 1 saturated carbocycles. The fraction of sp³-hybridized carbons (Fsp3) is 0.438. The molecule has 0 bridgehead atoms. The van der Waals surface area contributed by atoms with Crippen molar-refractivity contribution in [1.82, 2.24) is 5.16 Å². The molecule has 3 rings (SSSR count). The van der Waals surface area contributed by atoms with Crippen molar-refractivity contribution in [1.29, 1.82) is 0 Å². The number of nitrogens with zero attached hydrogens (tertiary/aromatic N) is 1. The average molecular weight is 241 g/mol. The first kappa shape index (κ1) is 11.5. The number of hydrogen-bond donors (Lipinski definition) is 0. The van der Waals surface area contributed by atoms with E-state index < -0.39 is 0 Å². The van der Waals surface area contributed by atoms with Gasteiger partial charge < -0.3 is 4.52 Å². The van der Waals surface area contributed by atoms with E-state index in [1.165, 1.54) is 37.7 Å². The summed E-state index contributed by atoms with van der Waals surface area (Å²) in [6, 6.07) is 10.8. The summed E-state index contributed by atoms with van der Waals surface area (Å²) >= 11 is 0. The van der Waals surface area contributed by atoms with Crippen LogP contribution in [0.2, 0.25) is 0 Å². The van der Waals surface area contributed by atoms with Crippen molar-refractivity contribution in [2.45, 2.75) is 44.9 Å². The number of aryl methyl sites for hydroxylation is 1. The van der Waals surface area contributed by atoms with Gasteiger partial charge in [-0.2, -0.15) is 0 Å². The Bertz CT molecular complexity index is 506. The van der Waals surface area contributed by atoms with E-state index in [0.717, 1.165) is 22.9 Å².